The predicted molar refractivity (Wildman–Crippen MR) is 137 cm³/mol. The van der Waals surface area contributed by atoms with Gasteiger partial charge in [0.1, 0.15) is 0 Å². The molecule has 11 heteroatoms. The second kappa shape index (κ2) is 9.51. The summed E-state index contributed by atoms with van der Waals surface area (Å²) >= 11 is 11.5. The van der Waals surface area contributed by atoms with Gasteiger partial charge in [-0.3, -0.25) is 0 Å². The van der Waals surface area contributed by atoms with Crippen LogP contribution in [-0.4, -0.2) is 23.2 Å². The highest BCUT2D eigenvalue weighted by Gasteiger charge is 2.19. The van der Waals surface area contributed by atoms with Gasteiger partial charge in [0.25, 0.3) is 0 Å². The third-order valence-electron chi connectivity index (χ3n) is 5.10. The number of nitrogens with two attached hydrogens (primary N) is 1. The number of primary sulfonamides is 1. The van der Waals surface area contributed by atoms with Crippen LogP contribution in [0.1, 0.15) is 11.1 Å². The van der Waals surface area contributed by atoms with E-state index in [2.05, 4.69) is 15.5 Å². The lowest BCUT2D eigenvalue weighted by atomic mass is 10.1. The first-order chi connectivity index (χ1) is 16.1. The Morgan fingerprint density at radius 3 is 2.59 bits per heavy atom. The van der Waals surface area contributed by atoms with E-state index in [1.54, 1.807) is 16.7 Å². The Morgan fingerprint density at radius 2 is 1.88 bits per heavy atom. The number of nitrogens with zero attached hydrogens (tertiary/aromatic N) is 3. The number of aromatic hydroxyl groups is 1. The van der Waals surface area contributed by atoms with E-state index in [4.69, 9.17) is 29.0 Å². The van der Waals surface area contributed by atoms with Crippen LogP contribution in [0.2, 0.25) is 5.02 Å². The van der Waals surface area contributed by atoms with Crippen molar-refractivity contribution in [2.24, 2.45) is 15.4 Å². The number of anilines is 1. The molecule has 0 saturated carbocycles. The van der Waals surface area contributed by atoms with Gasteiger partial charge in [-0.15, -0.1) is 10.2 Å². The van der Waals surface area contributed by atoms with Crippen LogP contribution in [0.3, 0.4) is 0 Å². The van der Waals surface area contributed by atoms with E-state index in [0.717, 1.165) is 16.6 Å². The average Bonchev–Trinajstić information content (AvgIpc) is 3.03. The summed E-state index contributed by atoms with van der Waals surface area (Å²) in [5.74, 6) is -0.0769. The van der Waals surface area contributed by atoms with Crippen LogP contribution in [-0.2, 0) is 16.6 Å². The smallest absolute Gasteiger partial charge is 0.238 e. The number of aromatic nitrogens is 1. The molecule has 0 unspecified atom stereocenters. The molecule has 0 radical (unpaired) electrons. The van der Waals surface area contributed by atoms with Gasteiger partial charge in [-0.2, -0.15) is 0 Å². The summed E-state index contributed by atoms with van der Waals surface area (Å²) in [6.45, 7) is 2.32. The molecule has 0 bridgehead atoms. The lowest BCUT2D eigenvalue weighted by Gasteiger charge is -2.09. The maximum atomic E-state index is 11.6. The lowest BCUT2D eigenvalue weighted by Crippen LogP contribution is -2.13. The van der Waals surface area contributed by atoms with Crippen LogP contribution in [0.5, 0.6) is 5.88 Å². The Balaban J connectivity index is 1.69. The molecule has 4 rings (SSSR count). The Morgan fingerprint density at radius 1 is 1.15 bits per heavy atom. The fraction of sp³-hybridized carbons (Fsp3) is 0.0870. The number of thiocarbonyl (C=S) groups is 1. The molecule has 3 aromatic carbocycles. The third kappa shape index (κ3) is 5.10. The molecule has 0 atom stereocenters. The number of fused-ring (bicyclic) bond motifs is 1. The van der Waals surface area contributed by atoms with E-state index in [1.807, 2.05) is 43.3 Å². The van der Waals surface area contributed by atoms with E-state index in [-0.39, 0.29) is 21.6 Å². The summed E-state index contributed by atoms with van der Waals surface area (Å²) in [6.07, 6.45) is 0. The Bertz CT molecular complexity index is 1530. The van der Waals surface area contributed by atoms with E-state index in [0.29, 0.717) is 22.6 Å². The molecule has 0 saturated heterocycles. The van der Waals surface area contributed by atoms with Gasteiger partial charge in [-0.05, 0) is 60.6 Å². The molecule has 4 aromatic rings. The largest absolute Gasteiger partial charge is 0.493 e. The van der Waals surface area contributed by atoms with Crippen molar-refractivity contribution in [3.63, 3.8) is 0 Å². The van der Waals surface area contributed by atoms with Crippen molar-refractivity contribution in [3.05, 3.63) is 82.9 Å². The van der Waals surface area contributed by atoms with Crippen molar-refractivity contribution >= 4 is 61.2 Å². The standard InChI is InChI=1S/C23H20ClN5O3S2/c1-14-10-16(24)11-19-20(22(30)29(21(14)19)13-15-6-3-2-4-7-15)27-28-23(33)26-17-8-5-9-18(12-17)34(25,31)32/h2-12,30H,13H2,1H3,(H,26,33)(H2,25,31,32). The van der Waals surface area contributed by atoms with Gasteiger partial charge in [-0.25, -0.2) is 13.6 Å². The zero-order valence-electron chi connectivity index (χ0n) is 17.9. The highest BCUT2D eigenvalue weighted by molar-refractivity contribution is 7.89. The second-order valence-electron chi connectivity index (χ2n) is 7.57. The predicted octanol–water partition coefficient (Wildman–Crippen LogP) is 5.49. The molecule has 0 spiro atoms. The molecule has 1 heterocycles. The highest BCUT2D eigenvalue weighted by atomic mass is 35.5. The van der Waals surface area contributed by atoms with Crippen molar-refractivity contribution in [3.8, 4) is 5.88 Å². The quantitative estimate of drug-likeness (QED) is 0.241. The van der Waals surface area contributed by atoms with Gasteiger partial charge in [-0.1, -0.05) is 48.0 Å². The summed E-state index contributed by atoms with van der Waals surface area (Å²) in [7, 11) is -3.86. The summed E-state index contributed by atoms with van der Waals surface area (Å²) in [6, 6.07) is 19.1. The number of benzene rings is 3. The van der Waals surface area contributed by atoms with Crippen LogP contribution in [0.4, 0.5) is 11.4 Å². The zero-order chi connectivity index (χ0) is 24.5. The third-order valence-corrected chi connectivity index (χ3v) is 6.41. The average molecular weight is 514 g/mol. The fourth-order valence-electron chi connectivity index (χ4n) is 3.64. The minimum absolute atomic E-state index is 0.0336. The first-order valence-corrected chi connectivity index (χ1v) is 12.4. The Hall–Kier alpha value is -3.31. The molecular weight excluding hydrogens is 494 g/mol. The topological polar surface area (TPSA) is 122 Å². The van der Waals surface area contributed by atoms with E-state index in [9.17, 15) is 13.5 Å². The van der Waals surface area contributed by atoms with Crippen LogP contribution in [0, 0.1) is 6.92 Å². The monoisotopic (exact) mass is 513 g/mol. The number of halogens is 1. The number of aryl methyl sites for hydroxylation is 1. The maximum absolute atomic E-state index is 11.6. The Labute approximate surface area is 206 Å². The number of hydrogen-bond donors (Lipinski definition) is 3. The van der Waals surface area contributed by atoms with Crippen LogP contribution >= 0.6 is 23.8 Å². The zero-order valence-corrected chi connectivity index (χ0v) is 20.3. The van der Waals surface area contributed by atoms with E-state index < -0.39 is 10.0 Å². The van der Waals surface area contributed by atoms with E-state index in [1.165, 1.54) is 18.2 Å². The van der Waals surface area contributed by atoms with Crippen molar-refractivity contribution in [2.75, 3.05) is 5.32 Å². The molecule has 0 fully saturated rings. The number of rotatable bonds is 5. The van der Waals surface area contributed by atoms with Gasteiger partial charge in [0, 0.05) is 16.1 Å². The molecule has 0 aliphatic heterocycles. The first kappa shape index (κ1) is 23.8. The van der Waals surface area contributed by atoms with Gasteiger partial charge in [0.15, 0.2) is 5.69 Å². The first-order valence-electron chi connectivity index (χ1n) is 10.0. The van der Waals surface area contributed by atoms with E-state index >= 15 is 0 Å². The number of sulfonamides is 1. The Kier molecular flexibility index (Phi) is 6.67. The minimum Gasteiger partial charge on any atom is -0.493 e. The second-order valence-corrected chi connectivity index (χ2v) is 9.95. The summed E-state index contributed by atoms with van der Waals surface area (Å²) in [4.78, 5) is -0.0658. The molecular formula is C23H20ClN5O3S2. The van der Waals surface area contributed by atoms with Gasteiger partial charge < -0.3 is 15.0 Å². The molecule has 34 heavy (non-hydrogen) atoms. The van der Waals surface area contributed by atoms with Crippen molar-refractivity contribution < 1.29 is 13.5 Å². The van der Waals surface area contributed by atoms with Crippen molar-refractivity contribution in [1.29, 1.82) is 0 Å². The fourth-order valence-corrected chi connectivity index (χ4v) is 4.63. The van der Waals surface area contributed by atoms with Crippen LogP contribution in [0.15, 0.2) is 81.9 Å². The number of nitrogens with one attached hydrogen (secondary N) is 1. The van der Waals surface area contributed by atoms with Gasteiger partial charge >= 0.3 is 0 Å². The van der Waals surface area contributed by atoms with Crippen LogP contribution < -0.4 is 10.5 Å². The molecule has 4 N–H and O–H groups in total. The molecule has 0 amide bonds. The molecule has 0 aliphatic rings. The molecule has 0 aliphatic carbocycles. The number of hydrogen-bond acceptors (Lipinski definition) is 5. The maximum Gasteiger partial charge on any atom is 0.238 e. The SMILES string of the molecule is Cc1cc(Cl)cc2c(N=NC(=S)Nc3cccc(S(N)(=O)=O)c3)c(O)n(Cc3ccccc3)c12. The lowest BCUT2D eigenvalue weighted by molar-refractivity contribution is 0.429. The normalized spacial score (nSPS) is 11.9. The van der Waals surface area contributed by atoms with Crippen molar-refractivity contribution in [2.45, 2.75) is 18.4 Å². The van der Waals surface area contributed by atoms with Gasteiger partial charge in [0.05, 0.1) is 17.0 Å². The highest BCUT2D eigenvalue weighted by Crippen LogP contribution is 2.42. The van der Waals surface area contributed by atoms with Crippen LogP contribution in [0.25, 0.3) is 10.9 Å². The summed E-state index contributed by atoms with van der Waals surface area (Å²) in [5, 5.41) is 28.3. The molecule has 174 valence electrons. The summed E-state index contributed by atoms with van der Waals surface area (Å²) < 4.78 is 24.9. The van der Waals surface area contributed by atoms with Gasteiger partial charge in [0.2, 0.25) is 21.0 Å². The number of azo groups is 1. The molecule has 8 nitrogen and oxygen atoms in total. The minimum atomic E-state index is -3.86. The molecule has 1 aromatic heterocycles. The van der Waals surface area contributed by atoms with Crippen molar-refractivity contribution in [1.82, 2.24) is 4.57 Å². The summed E-state index contributed by atoms with van der Waals surface area (Å²) in [5.41, 5.74) is 3.25.